The summed E-state index contributed by atoms with van der Waals surface area (Å²) in [4.78, 5) is 13.2. The van der Waals surface area contributed by atoms with E-state index >= 15 is 0 Å². The second kappa shape index (κ2) is 5.37. The van der Waals surface area contributed by atoms with Gasteiger partial charge in [0.1, 0.15) is 4.88 Å². The van der Waals surface area contributed by atoms with E-state index in [1.54, 1.807) is 4.68 Å². The Morgan fingerprint density at radius 2 is 2.05 bits per heavy atom. The molecule has 0 atom stereocenters. The van der Waals surface area contributed by atoms with E-state index in [4.69, 9.17) is 0 Å². The average molecular weight is 357 g/mol. The quantitative estimate of drug-likeness (QED) is 0.792. The predicted molar refractivity (Wildman–Crippen MR) is 82.3 cm³/mol. The summed E-state index contributed by atoms with van der Waals surface area (Å²) >= 11 is 4.65. The van der Waals surface area contributed by atoms with Gasteiger partial charge in [0, 0.05) is 12.5 Å². The molecule has 5 nitrogen and oxygen atoms in total. The Balaban J connectivity index is 2.32. The Labute approximate surface area is 130 Å². The van der Waals surface area contributed by atoms with Crippen LogP contribution in [0.25, 0.3) is 0 Å². The van der Waals surface area contributed by atoms with Crippen molar-refractivity contribution < 1.29 is 4.79 Å². The van der Waals surface area contributed by atoms with Gasteiger partial charge in [0.15, 0.2) is 5.78 Å². The van der Waals surface area contributed by atoms with Gasteiger partial charge in [-0.25, -0.2) is 0 Å². The van der Waals surface area contributed by atoms with Crippen molar-refractivity contribution in [1.29, 1.82) is 0 Å². The molecule has 0 aromatic carbocycles. The zero-order valence-electron chi connectivity index (χ0n) is 12.2. The standard InChI is InChI=1S/C13H17BrN4OS/c1-7-10(14)8(18(5)16-7)6-9(19)11-12(13(2,3)4)15-17-20-11/h6H2,1-5H3. The average Bonchev–Trinajstić information content (AvgIpc) is 2.90. The summed E-state index contributed by atoms with van der Waals surface area (Å²) < 4.78 is 6.57. The lowest BCUT2D eigenvalue weighted by Crippen LogP contribution is -2.17. The van der Waals surface area contributed by atoms with Crippen LogP contribution in [0.1, 0.15) is 47.5 Å². The first-order valence-corrected chi connectivity index (χ1v) is 7.82. The van der Waals surface area contributed by atoms with Crippen LogP contribution >= 0.6 is 27.5 Å². The summed E-state index contributed by atoms with van der Waals surface area (Å²) in [5, 5.41) is 8.42. The van der Waals surface area contributed by atoms with Gasteiger partial charge in [-0.3, -0.25) is 9.48 Å². The fourth-order valence-corrected chi connectivity index (χ4v) is 3.26. The molecule has 0 saturated heterocycles. The molecule has 0 N–H and O–H groups in total. The van der Waals surface area contributed by atoms with E-state index < -0.39 is 0 Å². The maximum Gasteiger partial charge on any atom is 0.182 e. The molecule has 0 aliphatic carbocycles. The van der Waals surface area contributed by atoms with Gasteiger partial charge in [-0.2, -0.15) is 5.10 Å². The first-order chi connectivity index (χ1) is 9.21. The lowest BCUT2D eigenvalue weighted by molar-refractivity contribution is 0.0992. The highest BCUT2D eigenvalue weighted by Crippen LogP contribution is 2.28. The van der Waals surface area contributed by atoms with Crippen LogP contribution in [0.5, 0.6) is 0 Å². The zero-order chi connectivity index (χ0) is 15.1. The number of carbonyl (C=O) groups excluding carboxylic acids is 1. The third-order valence-electron chi connectivity index (χ3n) is 3.04. The highest BCUT2D eigenvalue weighted by Gasteiger charge is 2.27. The number of hydrogen-bond donors (Lipinski definition) is 0. The molecular formula is C13H17BrN4OS. The van der Waals surface area contributed by atoms with Crippen LogP contribution in [0.3, 0.4) is 0 Å². The van der Waals surface area contributed by atoms with Crippen LogP contribution in [-0.4, -0.2) is 25.2 Å². The highest BCUT2D eigenvalue weighted by atomic mass is 79.9. The number of ketones is 1. The molecule has 0 aliphatic rings. The number of aryl methyl sites for hydroxylation is 2. The normalized spacial score (nSPS) is 11.9. The third kappa shape index (κ3) is 2.83. The van der Waals surface area contributed by atoms with E-state index in [-0.39, 0.29) is 11.2 Å². The molecule has 108 valence electrons. The first kappa shape index (κ1) is 15.3. The van der Waals surface area contributed by atoms with Gasteiger partial charge in [0.2, 0.25) is 0 Å². The number of hydrogen-bond acceptors (Lipinski definition) is 5. The van der Waals surface area contributed by atoms with Crippen molar-refractivity contribution in [3.8, 4) is 0 Å². The fraction of sp³-hybridized carbons (Fsp3) is 0.538. The molecule has 0 fully saturated rings. The molecule has 20 heavy (non-hydrogen) atoms. The van der Waals surface area contributed by atoms with E-state index in [9.17, 15) is 4.79 Å². The van der Waals surface area contributed by atoms with Crippen LogP contribution in [0.4, 0.5) is 0 Å². The van der Waals surface area contributed by atoms with E-state index in [1.807, 2.05) is 34.7 Å². The predicted octanol–water partition coefficient (Wildman–Crippen LogP) is 3.07. The van der Waals surface area contributed by atoms with Crippen molar-refractivity contribution in [2.45, 2.75) is 39.5 Å². The first-order valence-electron chi connectivity index (χ1n) is 6.25. The summed E-state index contributed by atoms with van der Waals surface area (Å²) in [5.74, 6) is 0.0358. The monoisotopic (exact) mass is 356 g/mol. The van der Waals surface area contributed by atoms with Crippen molar-refractivity contribution in [3.05, 3.63) is 26.4 Å². The third-order valence-corrected chi connectivity index (χ3v) is 4.84. The molecule has 0 radical (unpaired) electrons. The van der Waals surface area contributed by atoms with Crippen molar-refractivity contribution in [3.63, 3.8) is 0 Å². The van der Waals surface area contributed by atoms with E-state index in [2.05, 4.69) is 30.6 Å². The molecule has 2 rings (SSSR count). The summed E-state index contributed by atoms with van der Waals surface area (Å²) in [5.41, 5.74) is 2.34. The molecule has 0 amide bonds. The summed E-state index contributed by atoms with van der Waals surface area (Å²) in [7, 11) is 1.84. The van der Waals surface area contributed by atoms with Crippen molar-refractivity contribution in [1.82, 2.24) is 19.4 Å². The minimum absolute atomic E-state index is 0.0358. The van der Waals surface area contributed by atoms with E-state index in [0.29, 0.717) is 11.3 Å². The van der Waals surface area contributed by atoms with Gasteiger partial charge in [-0.05, 0) is 34.4 Å². The topological polar surface area (TPSA) is 60.7 Å². The molecule has 0 spiro atoms. The van der Waals surface area contributed by atoms with Crippen molar-refractivity contribution in [2.75, 3.05) is 0 Å². The zero-order valence-corrected chi connectivity index (χ0v) is 14.6. The van der Waals surface area contributed by atoms with Gasteiger partial charge in [0.05, 0.1) is 28.0 Å². The molecule has 2 heterocycles. The Bertz CT molecular complexity index is 654. The molecule has 0 unspecified atom stereocenters. The van der Waals surface area contributed by atoms with Crippen LogP contribution < -0.4 is 0 Å². The summed E-state index contributed by atoms with van der Waals surface area (Å²) in [6.45, 7) is 8.01. The second-order valence-electron chi connectivity index (χ2n) is 5.77. The van der Waals surface area contributed by atoms with E-state index in [1.165, 1.54) is 11.5 Å². The fourth-order valence-electron chi connectivity index (χ4n) is 1.97. The molecule has 2 aromatic heterocycles. The van der Waals surface area contributed by atoms with Crippen LogP contribution in [0, 0.1) is 6.92 Å². The summed E-state index contributed by atoms with van der Waals surface area (Å²) in [6.07, 6.45) is 0.297. The van der Waals surface area contributed by atoms with Gasteiger partial charge in [-0.15, -0.1) is 5.10 Å². The SMILES string of the molecule is Cc1nn(C)c(CC(=O)c2snnc2C(C)(C)C)c1Br. The number of rotatable bonds is 3. The molecule has 2 aromatic rings. The van der Waals surface area contributed by atoms with Crippen molar-refractivity contribution in [2.24, 2.45) is 7.05 Å². The Kier molecular flexibility index (Phi) is 4.11. The molecule has 0 aliphatic heterocycles. The smallest absolute Gasteiger partial charge is 0.182 e. The number of aromatic nitrogens is 4. The second-order valence-corrected chi connectivity index (χ2v) is 7.32. The minimum atomic E-state index is -0.183. The van der Waals surface area contributed by atoms with Crippen LogP contribution in [-0.2, 0) is 18.9 Å². The lowest BCUT2D eigenvalue weighted by Gasteiger charge is -2.15. The van der Waals surface area contributed by atoms with Crippen molar-refractivity contribution >= 4 is 33.2 Å². The Morgan fingerprint density at radius 1 is 1.40 bits per heavy atom. The molecule has 7 heteroatoms. The largest absolute Gasteiger partial charge is 0.293 e. The Morgan fingerprint density at radius 3 is 2.55 bits per heavy atom. The Hall–Kier alpha value is -1.08. The van der Waals surface area contributed by atoms with E-state index in [0.717, 1.165) is 21.6 Å². The van der Waals surface area contributed by atoms with Gasteiger partial charge in [-0.1, -0.05) is 25.3 Å². The minimum Gasteiger partial charge on any atom is -0.293 e. The molecule has 0 saturated carbocycles. The lowest BCUT2D eigenvalue weighted by atomic mass is 9.90. The maximum atomic E-state index is 12.5. The van der Waals surface area contributed by atoms with Gasteiger partial charge >= 0.3 is 0 Å². The summed E-state index contributed by atoms with van der Waals surface area (Å²) in [6, 6.07) is 0. The maximum absolute atomic E-state index is 12.5. The number of Topliss-reactive ketones (excluding diaryl/α,β-unsaturated/α-hetero) is 1. The number of halogens is 1. The highest BCUT2D eigenvalue weighted by molar-refractivity contribution is 9.10. The van der Waals surface area contributed by atoms with Gasteiger partial charge < -0.3 is 0 Å². The van der Waals surface area contributed by atoms with Crippen LogP contribution in [0.15, 0.2) is 4.47 Å². The number of carbonyl (C=O) groups is 1. The molecular weight excluding hydrogens is 340 g/mol. The van der Waals surface area contributed by atoms with Crippen LogP contribution in [0.2, 0.25) is 0 Å². The number of nitrogens with zero attached hydrogens (tertiary/aromatic N) is 4. The van der Waals surface area contributed by atoms with Gasteiger partial charge in [0.25, 0.3) is 0 Å². The molecule has 0 bridgehead atoms.